The van der Waals surface area contributed by atoms with Crippen molar-refractivity contribution in [2.24, 2.45) is 0 Å². The Labute approximate surface area is 190 Å². The van der Waals surface area contributed by atoms with E-state index in [0.717, 1.165) is 5.69 Å². The van der Waals surface area contributed by atoms with Crippen LogP contribution in [0.3, 0.4) is 0 Å². The summed E-state index contributed by atoms with van der Waals surface area (Å²) < 4.78 is 0. The van der Waals surface area contributed by atoms with Crippen molar-refractivity contribution in [1.82, 2.24) is 0 Å². The molecule has 0 saturated carbocycles. The Balaban J connectivity index is 1.94. The summed E-state index contributed by atoms with van der Waals surface area (Å²) in [6.45, 7) is 0. The number of nitro groups is 1. The number of nitro benzene ring substituents is 1. The molecule has 1 unspecified atom stereocenters. The van der Waals surface area contributed by atoms with Gasteiger partial charge in [-0.05, 0) is 29.8 Å². The number of anilines is 2. The maximum atomic E-state index is 13.2. The molecule has 0 bridgehead atoms. The number of ketones is 1. The minimum Gasteiger partial charge on any atom is -0.507 e. The Bertz CT molecular complexity index is 1270. The lowest BCUT2D eigenvalue weighted by atomic mass is 9.95. The lowest BCUT2D eigenvalue weighted by Gasteiger charge is -2.26. The molecule has 8 nitrogen and oxygen atoms in total. The second-order valence-electron chi connectivity index (χ2n) is 7.80. The van der Waals surface area contributed by atoms with Gasteiger partial charge in [0.2, 0.25) is 0 Å². The van der Waals surface area contributed by atoms with Gasteiger partial charge in [0.05, 0.1) is 16.5 Å². The van der Waals surface area contributed by atoms with Gasteiger partial charge in [-0.15, -0.1) is 0 Å². The van der Waals surface area contributed by atoms with Gasteiger partial charge in [-0.3, -0.25) is 24.6 Å². The average molecular weight is 443 g/mol. The van der Waals surface area contributed by atoms with Gasteiger partial charge in [0.25, 0.3) is 17.4 Å². The number of benzene rings is 3. The smallest absolute Gasteiger partial charge is 0.300 e. The highest BCUT2D eigenvalue weighted by atomic mass is 16.6. The van der Waals surface area contributed by atoms with Crippen LogP contribution >= 0.6 is 0 Å². The second-order valence-corrected chi connectivity index (χ2v) is 7.80. The Morgan fingerprint density at radius 2 is 1.64 bits per heavy atom. The first kappa shape index (κ1) is 21.8. The Hall–Kier alpha value is -4.46. The van der Waals surface area contributed by atoms with Crippen molar-refractivity contribution in [1.29, 1.82) is 0 Å². The van der Waals surface area contributed by atoms with Crippen LogP contribution in [0.25, 0.3) is 5.76 Å². The van der Waals surface area contributed by atoms with Crippen LogP contribution in [-0.4, -0.2) is 35.8 Å². The number of hydrogen-bond donors (Lipinski definition) is 1. The Kier molecular flexibility index (Phi) is 5.66. The minimum absolute atomic E-state index is 0.122. The van der Waals surface area contributed by atoms with Crippen LogP contribution in [-0.2, 0) is 9.59 Å². The van der Waals surface area contributed by atoms with Gasteiger partial charge in [0.1, 0.15) is 5.76 Å². The topological polar surface area (TPSA) is 104 Å². The monoisotopic (exact) mass is 443 g/mol. The zero-order chi connectivity index (χ0) is 23.7. The highest BCUT2D eigenvalue weighted by Crippen LogP contribution is 2.43. The number of aliphatic hydroxyl groups excluding tert-OH is 1. The molecular weight excluding hydrogens is 422 g/mol. The predicted molar refractivity (Wildman–Crippen MR) is 125 cm³/mol. The summed E-state index contributed by atoms with van der Waals surface area (Å²) in [4.78, 5) is 40.3. The lowest BCUT2D eigenvalue weighted by Crippen LogP contribution is -2.29. The lowest BCUT2D eigenvalue weighted by molar-refractivity contribution is -0.384. The number of carbonyl (C=O) groups excluding carboxylic acids is 2. The Morgan fingerprint density at radius 1 is 0.970 bits per heavy atom. The first-order chi connectivity index (χ1) is 15.8. The molecule has 4 rings (SSSR count). The SMILES string of the molecule is CN(C)c1ccc(N2C(=O)C(=O)/C(=C(\O)c3ccccc3)C2c2cccc([N+](=O)[O-])c2)cc1. The standard InChI is InChI=1S/C25H21N3O5/c1-26(2)18-11-13-19(14-12-18)27-22(17-9-6-10-20(15-17)28(32)33)21(24(30)25(27)31)23(29)16-7-4-3-5-8-16/h3-15,22,29H,1-2H3/b23-21-. The molecule has 1 amide bonds. The van der Waals surface area contributed by atoms with Crippen LogP contribution in [0.5, 0.6) is 0 Å². The summed E-state index contributed by atoms with van der Waals surface area (Å²) in [5.74, 6) is -2.01. The highest BCUT2D eigenvalue weighted by molar-refractivity contribution is 6.51. The predicted octanol–water partition coefficient (Wildman–Crippen LogP) is 4.29. The minimum atomic E-state index is -1.03. The summed E-state index contributed by atoms with van der Waals surface area (Å²) in [6, 6.07) is 20.1. The van der Waals surface area contributed by atoms with Gasteiger partial charge >= 0.3 is 0 Å². The molecule has 1 N–H and O–H groups in total. The number of nitrogens with zero attached hydrogens (tertiary/aromatic N) is 3. The number of Topliss-reactive ketones (excluding diaryl/α,β-unsaturated/α-hetero) is 1. The van der Waals surface area contributed by atoms with Crippen molar-refractivity contribution in [3.05, 3.63) is 106 Å². The first-order valence-corrected chi connectivity index (χ1v) is 10.2. The maximum absolute atomic E-state index is 13.2. The van der Waals surface area contributed by atoms with E-state index in [2.05, 4.69) is 0 Å². The van der Waals surface area contributed by atoms with Crippen molar-refractivity contribution < 1.29 is 19.6 Å². The second kappa shape index (κ2) is 8.58. The number of non-ortho nitro benzene ring substituents is 1. The maximum Gasteiger partial charge on any atom is 0.300 e. The van der Waals surface area contributed by atoms with E-state index < -0.39 is 22.7 Å². The fraction of sp³-hybridized carbons (Fsp3) is 0.120. The molecule has 1 fully saturated rings. The molecule has 3 aromatic rings. The molecule has 0 radical (unpaired) electrons. The van der Waals surface area contributed by atoms with E-state index >= 15 is 0 Å². The van der Waals surface area contributed by atoms with Crippen molar-refractivity contribution in [2.45, 2.75) is 6.04 Å². The van der Waals surface area contributed by atoms with Gasteiger partial charge in [-0.25, -0.2) is 0 Å². The quantitative estimate of drug-likeness (QED) is 0.207. The first-order valence-electron chi connectivity index (χ1n) is 10.2. The molecule has 1 aliphatic heterocycles. The van der Waals surface area contributed by atoms with E-state index in [1.54, 1.807) is 60.7 Å². The normalized spacial score (nSPS) is 17.3. The molecule has 0 aromatic heterocycles. The number of hydrogen-bond acceptors (Lipinski definition) is 6. The molecule has 1 heterocycles. The van der Waals surface area contributed by atoms with Gasteiger partial charge in [0, 0.05) is 43.2 Å². The van der Waals surface area contributed by atoms with Crippen molar-refractivity contribution in [3.63, 3.8) is 0 Å². The third-order valence-electron chi connectivity index (χ3n) is 5.53. The molecule has 166 valence electrons. The summed E-state index contributed by atoms with van der Waals surface area (Å²) in [5.41, 5.74) is 1.74. The number of carbonyl (C=O) groups is 2. The van der Waals surface area contributed by atoms with E-state index in [1.807, 2.05) is 19.0 Å². The van der Waals surface area contributed by atoms with E-state index in [9.17, 15) is 24.8 Å². The summed E-state index contributed by atoms with van der Waals surface area (Å²) in [5, 5.41) is 22.4. The van der Waals surface area contributed by atoms with E-state index in [4.69, 9.17) is 0 Å². The third kappa shape index (κ3) is 3.94. The van der Waals surface area contributed by atoms with Crippen LogP contribution in [0.1, 0.15) is 17.2 Å². The van der Waals surface area contributed by atoms with Crippen molar-refractivity contribution >= 4 is 34.5 Å². The van der Waals surface area contributed by atoms with Crippen LogP contribution in [0.2, 0.25) is 0 Å². The molecule has 1 aliphatic rings. The zero-order valence-corrected chi connectivity index (χ0v) is 18.0. The fourth-order valence-corrected chi connectivity index (χ4v) is 3.89. The largest absolute Gasteiger partial charge is 0.507 e. The third-order valence-corrected chi connectivity index (χ3v) is 5.53. The van der Waals surface area contributed by atoms with E-state index in [1.165, 1.54) is 23.1 Å². The summed E-state index contributed by atoms with van der Waals surface area (Å²) in [7, 11) is 3.76. The molecule has 33 heavy (non-hydrogen) atoms. The fourth-order valence-electron chi connectivity index (χ4n) is 3.89. The molecule has 3 aromatic carbocycles. The molecule has 1 atom stereocenters. The Morgan fingerprint density at radius 3 is 2.24 bits per heavy atom. The summed E-state index contributed by atoms with van der Waals surface area (Å²) >= 11 is 0. The van der Waals surface area contributed by atoms with Crippen LogP contribution in [0, 0.1) is 10.1 Å². The highest BCUT2D eigenvalue weighted by Gasteiger charge is 2.47. The molecule has 0 spiro atoms. The van der Waals surface area contributed by atoms with Crippen molar-refractivity contribution in [3.8, 4) is 0 Å². The molecule has 1 saturated heterocycles. The molecule has 8 heteroatoms. The van der Waals surface area contributed by atoms with E-state index in [-0.39, 0.29) is 17.0 Å². The number of rotatable bonds is 5. The van der Waals surface area contributed by atoms with Gasteiger partial charge in [-0.2, -0.15) is 0 Å². The van der Waals surface area contributed by atoms with Crippen LogP contribution in [0.15, 0.2) is 84.4 Å². The number of amides is 1. The molecular formula is C25H21N3O5. The van der Waals surface area contributed by atoms with Crippen LogP contribution in [0.4, 0.5) is 17.1 Å². The van der Waals surface area contributed by atoms with Gasteiger partial charge < -0.3 is 10.0 Å². The summed E-state index contributed by atoms with van der Waals surface area (Å²) in [6.07, 6.45) is 0. The van der Waals surface area contributed by atoms with E-state index in [0.29, 0.717) is 16.8 Å². The average Bonchev–Trinajstić information content (AvgIpc) is 3.09. The van der Waals surface area contributed by atoms with Crippen molar-refractivity contribution in [2.75, 3.05) is 23.9 Å². The van der Waals surface area contributed by atoms with Gasteiger partial charge in [-0.1, -0.05) is 42.5 Å². The molecule has 0 aliphatic carbocycles. The number of aliphatic hydroxyl groups is 1. The zero-order valence-electron chi connectivity index (χ0n) is 18.0. The van der Waals surface area contributed by atoms with Gasteiger partial charge in [0.15, 0.2) is 0 Å². The van der Waals surface area contributed by atoms with Crippen LogP contribution < -0.4 is 9.80 Å².